The monoisotopic (exact) mass is 320 g/mol. The fraction of sp³-hybridized carbons (Fsp3) is 0.294. The molecule has 0 aliphatic heterocycles. The summed E-state index contributed by atoms with van der Waals surface area (Å²) in [4.78, 5) is 0.0294. The summed E-state index contributed by atoms with van der Waals surface area (Å²) in [5, 5.41) is 0. The van der Waals surface area contributed by atoms with Crippen molar-refractivity contribution in [2.75, 3.05) is 0 Å². The molecule has 0 nitrogen and oxygen atoms in total. The highest BCUT2D eigenvalue weighted by Crippen LogP contribution is 2.37. The Bertz CT molecular complexity index is 591. The molecule has 1 atom stereocenters. The molecule has 19 heavy (non-hydrogen) atoms. The van der Waals surface area contributed by atoms with Crippen molar-refractivity contribution in [3.63, 3.8) is 0 Å². The number of hydrogen-bond acceptors (Lipinski definition) is 0. The molecule has 2 aromatic rings. The average Bonchev–Trinajstić information content (AvgIpc) is 2.36. The van der Waals surface area contributed by atoms with Crippen LogP contribution >= 0.6 is 15.9 Å². The van der Waals surface area contributed by atoms with Crippen LogP contribution in [0, 0.1) is 33.5 Å². The topological polar surface area (TPSA) is 0 Å². The summed E-state index contributed by atoms with van der Waals surface area (Å²) in [5.41, 5.74) is 7.31. The van der Waals surface area contributed by atoms with Gasteiger partial charge in [0, 0.05) is 0 Å². The van der Waals surface area contributed by atoms with Gasteiger partial charge < -0.3 is 0 Å². The quantitative estimate of drug-likeness (QED) is 0.637. The summed E-state index contributed by atoms with van der Waals surface area (Å²) in [5.74, 6) is -0.193. The fourth-order valence-electron chi connectivity index (χ4n) is 2.46. The van der Waals surface area contributed by atoms with Gasteiger partial charge in [0.1, 0.15) is 5.82 Å². The van der Waals surface area contributed by atoms with E-state index < -0.39 is 0 Å². The van der Waals surface area contributed by atoms with E-state index in [0.717, 1.165) is 5.56 Å². The van der Waals surface area contributed by atoms with Gasteiger partial charge in [-0.2, -0.15) is 0 Å². The minimum atomic E-state index is -0.193. The Morgan fingerprint density at radius 3 is 2.05 bits per heavy atom. The van der Waals surface area contributed by atoms with Gasteiger partial charge in [-0.05, 0) is 73.2 Å². The van der Waals surface area contributed by atoms with Crippen molar-refractivity contribution in [3.8, 4) is 0 Å². The Labute approximate surface area is 122 Å². The van der Waals surface area contributed by atoms with Gasteiger partial charge in [-0.15, -0.1) is 0 Å². The first-order valence-corrected chi connectivity index (χ1v) is 7.30. The lowest BCUT2D eigenvalue weighted by atomic mass is 9.90. The molecule has 0 aromatic heterocycles. The molecule has 2 heteroatoms. The largest absolute Gasteiger partial charge is 0.207 e. The zero-order valence-electron chi connectivity index (χ0n) is 11.7. The highest BCUT2D eigenvalue weighted by atomic mass is 79.9. The third kappa shape index (κ3) is 2.74. The average molecular weight is 321 g/mol. The maximum atomic E-state index is 13.4. The zero-order chi connectivity index (χ0) is 14.2. The van der Waals surface area contributed by atoms with Crippen LogP contribution in [0.2, 0.25) is 0 Å². The molecular formula is C17H18BrF. The molecule has 0 N–H and O–H groups in total. The molecule has 0 saturated carbocycles. The van der Waals surface area contributed by atoms with E-state index >= 15 is 0 Å². The standard InChI is InChI=1S/C17H18BrF/c1-10-8-11(2)13(4)16(12(10)3)17(18)14-6-5-7-15(19)9-14/h5-9,17H,1-4H3. The predicted molar refractivity (Wildman–Crippen MR) is 82.6 cm³/mol. The summed E-state index contributed by atoms with van der Waals surface area (Å²) in [6.07, 6.45) is 0. The van der Waals surface area contributed by atoms with Crippen molar-refractivity contribution in [3.05, 3.63) is 69.5 Å². The van der Waals surface area contributed by atoms with Crippen molar-refractivity contribution in [2.24, 2.45) is 0 Å². The molecule has 2 aromatic carbocycles. The van der Waals surface area contributed by atoms with Crippen LogP contribution in [0.1, 0.15) is 38.2 Å². The Morgan fingerprint density at radius 2 is 1.53 bits per heavy atom. The molecule has 1 unspecified atom stereocenters. The van der Waals surface area contributed by atoms with Gasteiger partial charge in [0.2, 0.25) is 0 Å². The van der Waals surface area contributed by atoms with E-state index in [1.165, 1.54) is 33.9 Å². The third-order valence-electron chi connectivity index (χ3n) is 3.82. The van der Waals surface area contributed by atoms with E-state index in [1.807, 2.05) is 6.07 Å². The summed E-state index contributed by atoms with van der Waals surface area (Å²) in [7, 11) is 0. The van der Waals surface area contributed by atoms with Crippen molar-refractivity contribution >= 4 is 15.9 Å². The summed E-state index contributed by atoms with van der Waals surface area (Å²) in [6, 6.07) is 8.99. The molecule has 2 rings (SSSR count). The first kappa shape index (κ1) is 14.3. The normalized spacial score (nSPS) is 12.5. The maximum absolute atomic E-state index is 13.4. The number of hydrogen-bond donors (Lipinski definition) is 0. The molecule has 0 radical (unpaired) electrons. The number of benzene rings is 2. The zero-order valence-corrected chi connectivity index (χ0v) is 13.3. The molecule has 0 heterocycles. The Kier molecular flexibility index (Phi) is 4.10. The minimum Gasteiger partial charge on any atom is -0.207 e. The molecular weight excluding hydrogens is 303 g/mol. The fourth-order valence-corrected chi connectivity index (χ4v) is 3.43. The van der Waals surface area contributed by atoms with Crippen LogP contribution in [-0.2, 0) is 0 Å². The van der Waals surface area contributed by atoms with Crippen LogP contribution in [0.5, 0.6) is 0 Å². The van der Waals surface area contributed by atoms with E-state index in [-0.39, 0.29) is 10.6 Å². The number of alkyl halides is 1. The molecule has 0 saturated heterocycles. The highest BCUT2D eigenvalue weighted by molar-refractivity contribution is 9.09. The maximum Gasteiger partial charge on any atom is 0.123 e. The second-order valence-corrected chi connectivity index (χ2v) is 6.01. The van der Waals surface area contributed by atoms with Crippen LogP contribution in [0.3, 0.4) is 0 Å². The Balaban J connectivity index is 2.59. The van der Waals surface area contributed by atoms with Gasteiger partial charge >= 0.3 is 0 Å². The summed E-state index contributed by atoms with van der Waals surface area (Å²) >= 11 is 3.73. The second-order valence-electron chi connectivity index (χ2n) is 5.09. The third-order valence-corrected chi connectivity index (χ3v) is 4.81. The number of aryl methyl sites for hydroxylation is 2. The van der Waals surface area contributed by atoms with Gasteiger partial charge in [-0.1, -0.05) is 34.1 Å². The van der Waals surface area contributed by atoms with E-state index in [2.05, 4.69) is 49.7 Å². The lowest BCUT2D eigenvalue weighted by Crippen LogP contribution is -2.03. The van der Waals surface area contributed by atoms with Gasteiger partial charge in [-0.3, -0.25) is 0 Å². The molecule has 100 valence electrons. The van der Waals surface area contributed by atoms with Crippen LogP contribution < -0.4 is 0 Å². The molecule has 0 bridgehead atoms. The smallest absolute Gasteiger partial charge is 0.123 e. The second kappa shape index (κ2) is 5.46. The predicted octanol–water partition coefficient (Wildman–Crippen LogP) is 5.54. The Hall–Kier alpha value is -1.15. The van der Waals surface area contributed by atoms with E-state index in [9.17, 15) is 4.39 Å². The lowest BCUT2D eigenvalue weighted by molar-refractivity contribution is 0.626. The minimum absolute atomic E-state index is 0.0294. The van der Waals surface area contributed by atoms with Crippen molar-refractivity contribution < 1.29 is 4.39 Å². The van der Waals surface area contributed by atoms with E-state index in [0.29, 0.717) is 0 Å². The van der Waals surface area contributed by atoms with Crippen LogP contribution in [0.4, 0.5) is 4.39 Å². The van der Waals surface area contributed by atoms with Crippen LogP contribution in [0.15, 0.2) is 30.3 Å². The first-order chi connectivity index (χ1) is 8.91. The molecule has 0 fully saturated rings. The number of rotatable bonds is 2. The molecule has 0 spiro atoms. The van der Waals surface area contributed by atoms with Crippen molar-refractivity contribution in [2.45, 2.75) is 32.5 Å². The van der Waals surface area contributed by atoms with E-state index in [1.54, 1.807) is 12.1 Å². The van der Waals surface area contributed by atoms with Gasteiger partial charge in [0.05, 0.1) is 4.83 Å². The molecule has 0 aliphatic rings. The molecule has 0 aliphatic carbocycles. The van der Waals surface area contributed by atoms with Gasteiger partial charge in [0.15, 0.2) is 0 Å². The summed E-state index contributed by atoms with van der Waals surface area (Å²) in [6.45, 7) is 8.50. The SMILES string of the molecule is Cc1cc(C)c(C)c(C(Br)c2cccc(F)c2)c1C. The van der Waals surface area contributed by atoms with Crippen LogP contribution in [-0.4, -0.2) is 0 Å². The first-order valence-electron chi connectivity index (χ1n) is 6.38. The van der Waals surface area contributed by atoms with Crippen LogP contribution in [0.25, 0.3) is 0 Å². The van der Waals surface area contributed by atoms with E-state index in [4.69, 9.17) is 0 Å². The molecule has 0 amide bonds. The highest BCUT2D eigenvalue weighted by Gasteiger charge is 2.18. The van der Waals surface area contributed by atoms with Gasteiger partial charge in [0.25, 0.3) is 0 Å². The Morgan fingerprint density at radius 1 is 0.947 bits per heavy atom. The lowest BCUT2D eigenvalue weighted by Gasteiger charge is -2.20. The summed E-state index contributed by atoms with van der Waals surface area (Å²) < 4.78 is 13.4. The van der Waals surface area contributed by atoms with Gasteiger partial charge in [-0.25, -0.2) is 4.39 Å². The number of halogens is 2. The van der Waals surface area contributed by atoms with Crippen molar-refractivity contribution in [1.29, 1.82) is 0 Å². The van der Waals surface area contributed by atoms with Crippen molar-refractivity contribution in [1.82, 2.24) is 0 Å².